The number of aromatic nitrogens is 2. The monoisotopic (exact) mass is 383 g/mol. The number of benzene rings is 2. The Kier molecular flexibility index (Phi) is 6.51. The van der Waals surface area contributed by atoms with E-state index in [9.17, 15) is 4.79 Å². The van der Waals surface area contributed by atoms with Crippen molar-refractivity contribution in [3.8, 4) is 10.9 Å². The first-order chi connectivity index (χ1) is 13.2. The molecule has 27 heavy (non-hydrogen) atoms. The maximum Gasteiger partial charge on any atom is 0.298 e. The van der Waals surface area contributed by atoms with Gasteiger partial charge in [-0.1, -0.05) is 36.4 Å². The van der Waals surface area contributed by atoms with Crippen molar-refractivity contribution in [2.24, 2.45) is 0 Å². The highest BCUT2D eigenvalue weighted by atomic mass is 32.1. The van der Waals surface area contributed by atoms with Crippen LogP contribution in [0.2, 0.25) is 0 Å². The van der Waals surface area contributed by atoms with Gasteiger partial charge in [0, 0.05) is 37.2 Å². The fraction of sp³-hybridized carbons (Fsp3) is 0.250. The van der Waals surface area contributed by atoms with Crippen LogP contribution in [0.25, 0.3) is 0 Å². The lowest BCUT2D eigenvalue weighted by Gasteiger charge is -2.09. The maximum absolute atomic E-state index is 12.2. The molecule has 140 valence electrons. The summed E-state index contributed by atoms with van der Waals surface area (Å²) in [4.78, 5) is 16.6. The minimum atomic E-state index is -0.168. The highest BCUT2D eigenvalue weighted by Crippen LogP contribution is 2.27. The molecule has 1 amide bonds. The third-order valence-corrected chi connectivity index (χ3v) is 4.53. The van der Waals surface area contributed by atoms with Crippen molar-refractivity contribution in [3.63, 3.8) is 0 Å². The Labute approximate surface area is 162 Å². The van der Waals surface area contributed by atoms with Gasteiger partial charge in [0.1, 0.15) is 5.75 Å². The standard InChI is InChI=1S/C20H21N3O3S/c1-14-8-9-16(19(24)21-10-11-25-2)13-17(14)26-20-22-18(23-27-20)12-15-6-4-3-5-7-15/h3-9,13H,10-12H2,1-2H3,(H,21,24). The van der Waals surface area contributed by atoms with E-state index in [4.69, 9.17) is 9.47 Å². The largest absolute Gasteiger partial charge is 0.430 e. The second-order valence-corrected chi connectivity index (χ2v) is 6.68. The van der Waals surface area contributed by atoms with Crippen LogP contribution in [0.5, 0.6) is 10.9 Å². The Balaban J connectivity index is 1.68. The minimum Gasteiger partial charge on any atom is -0.430 e. The van der Waals surface area contributed by atoms with Gasteiger partial charge in [0.05, 0.1) is 6.61 Å². The Morgan fingerprint density at radius 1 is 1.19 bits per heavy atom. The van der Waals surface area contributed by atoms with E-state index in [1.807, 2.05) is 43.3 Å². The van der Waals surface area contributed by atoms with Crippen molar-refractivity contribution in [1.29, 1.82) is 0 Å². The molecular formula is C20H21N3O3S. The fourth-order valence-electron chi connectivity index (χ4n) is 2.44. The molecule has 0 saturated carbocycles. The minimum absolute atomic E-state index is 0.168. The molecule has 0 aliphatic carbocycles. The van der Waals surface area contributed by atoms with Crippen molar-refractivity contribution in [2.75, 3.05) is 20.3 Å². The molecule has 1 N–H and O–H groups in total. The van der Waals surface area contributed by atoms with E-state index >= 15 is 0 Å². The van der Waals surface area contributed by atoms with Gasteiger partial charge in [-0.05, 0) is 30.2 Å². The van der Waals surface area contributed by atoms with E-state index in [0.29, 0.717) is 41.9 Å². The summed E-state index contributed by atoms with van der Waals surface area (Å²) in [5, 5.41) is 3.26. The van der Waals surface area contributed by atoms with Gasteiger partial charge in [0.15, 0.2) is 5.82 Å². The zero-order valence-corrected chi connectivity index (χ0v) is 16.1. The number of methoxy groups -OCH3 is 1. The van der Waals surface area contributed by atoms with Gasteiger partial charge in [0.25, 0.3) is 11.1 Å². The highest BCUT2D eigenvalue weighted by molar-refractivity contribution is 7.07. The van der Waals surface area contributed by atoms with E-state index in [0.717, 1.165) is 11.1 Å². The quantitative estimate of drug-likeness (QED) is 0.602. The van der Waals surface area contributed by atoms with E-state index < -0.39 is 0 Å². The number of amides is 1. The smallest absolute Gasteiger partial charge is 0.298 e. The molecule has 0 bridgehead atoms. The number of nitrogens with one attached hydrogen (secondary N) is 1. The van der Waals surface area contributed by atoms with Crippen LogP contribution < -0.4 is 10.1 Å². The normalized spacial score (nSPS) is 10.6. The Morgan fingerprint density at radius 2 is 2.00 bits per heavy atom. The molecule has 0 saturated heterocycles. The van der Waals surface area contributed by atoms with Gasteiger partial charge in [-0.2, -0.15) is 9.36 Å². The summed E-state index contributed by atoms with van der Waals surface area (Å²) in [7, 11) is 1.60. The number of hydrogen-bond donors (Lipinski definition) is 1. The van der Waals surface area contributed by atoms with Crippen LogP contribution in [0.15, 0.2) is 48.5 Å². The number of ether oxygens (including phenoxy) is 2. The van der Waals surface area contributed by atoms with E-state index in [1.54, 1.807) is 19.2 Å². The van der Waals surface area contributed by atoms with Gasteiger partial charge < -0.3 is 14.8 Å². The number of aryl methyl sites for hydroxylation is 1. The second-order valence-electron chi connectivity index (χ2n) is 5.97. The van der Waals surface area contributed by atoms with E-state index in [1.165, 1.54) is 11.5 Å². The Morgan fingerprint density at radius 3 is 2.78 bits per heavy atom. The Hall–Kier alpha value is -2.77. The summed E-state index contributed by atoms with van der Waals surface area (Å²) in [5.74, 6) is 1.14. The molecule has 3 aromatic rings. The first-order valence-electron chi connectivity index (χ1n) is 8.58. The summed E-state index contributed by atoms with van der Waals surface area (Å²) >= 11 is 1.20. The number of hydrogen-bond acceptors (Lipinski definition) is 6. The molecular weight excluding hydrogens is 362 g/mol. The molecule has 0 aliphatic heterocycles. The van der Waals surface area contributed by atoms with Crippen LogP contribution in [0.1, 0.15) is 27.3 Å². The van der Waals surface area contributed by atoms with Gasteiger partial charge >= 0.3 is 0 Å². The third-order valence-electron chi connectivity index (χ3n) is 3.89. The number of carbonyl (C=O) groups is 1. The lowest BCUT2D eigenvalue weighted by atomic mass is 10.1. The average Bonchev–Trinajstić information content (AvgIpc) is 3.11. The van der Waals surface area contributed by atoms with Crippen LogP contribution in [0, 0.1) is 6.92 Å². The van der Waals surface area contributed by atoms with Crippen LogP contribution in [0.3, 0.4) is 0 Å². The summed E-state index contributed by atoms with van der Waals surface area (Å²) < 4.78 is 15.2. The first-order valence-corrected chi connectivity index (χ1v) is 9.35. The zero-order valence-electron chi connectivity index (χ0n) is 15.3. The molecule has 1 heterocycles. The van der Waals surface area contributed by atoms with Crippen LogP contribution in [-0.2, 0) is 11.2 Å². The summed E-state index contributed by atoms with van der Waals surface area (Å²) in [6.07, 6.45) is 0.654. The van der Waals surface area contributed by atoms with Gasteiger partial charge in [-0.25, -0.2) is 0 Å². The van der Waals surface area contributed by atoms with Crippen molar-refractivity contribution in [3.05, 3.63) is 71.0 Å². The van der Waals surface area contributed by atoms with Gasteiger partial charge in [-0.15, -0.1) is 0 Å². The fourth-order valence-corrected chi connectivity index (χ4v) is 3.01. The number of rotatable bonds is 8. The maximum atomic E-state index is 12.2. The lowest BCUT2D eigenvalue weighted by Crippen LogP contribution is -2.26. The summed E-state index contributed by atoms with van der Waals surface area (Å²) in [6, 6.07) is 15.4. The molecule has 2 aromatic carbocycles. The molecule has 0 radical (unpaired) electrons. The summed E-state index contributed by atoms with van der Waals surface area (Å²) in [6.45, 7) is 2.85. The summed E-state index contributed by atoms with van der Waals surface area (Å²) in [5.41, 5.74) is 2.59. The topological polar surface area (TPSA) is 73.3 Å². The van der Waals surface area contributed by atoms with Crippen molar-refractivity contribution >= 4 is 17.4 Å². The van der Waals surface area contributed by atoms with Crippen molar-refractivity contribution in [2.45, 2.75) is 13.3 Å². The van der Waals surface area contributed by atoms with Crippen molar-refractivity contribution < 1.29 is 14.3 Å². The van der Waals surface area contributed by atoms with Gasteiger partial charge in [0.2, 0.25) is 0 Å². The molecule has 0 atom stereocenters. The SMILES string of the molecule is COCCNC(=O)c1ccc(C)c(Oc2nc(Cc3ccccc3)ns2)c1. The van der Waals surface area contributed by atoms with Crippen molar-refractivity contribution in [1.82, 2.24) is 14.7 Å². The molecule has 7 heteroatoms. The van der Waals surface area contributed by atoms with E-state index in [2.05, 4.69) is 14.7 Å². The van der Waals surface area contributed by atoms with Gasteiger partial charge in [-0.3, -0.25) is 4.79 Å². The van der Waals surface area contributed by atoms with Crippen LogP contribution in [0.4, 0.5) is 0 Å². The van der Waals surface area contributed by atoms with Crippen LogP contribution in [-0.4, -0.2) is 35.5 Å². The first kappa shape index (κ1) is 19.0. The number of carbonyl (C=O) groups excluding carboxylic acids is 1. The van der Waals surface area contributed by atoms with E-state index in [-0.39, 0.29) is 5.91 Å². The Bertz CT molecular complexity index is 896. The zero-order chi connectivity index (χ0) is 19.1. The molecule has 0 unspecified atom stereocenters. The molecule has 6 nitrogen and oxygen atoms in total. The lowest BCUT2D eigenvalue weighted by molar-refractivity contribution is 0.0937. The molecule has 1 aromatic heterocycles. The highest BCUT2D eigenvalue weighted by Gasteiger charge is 2.12. The molecule has 0 fully saturated rings. The predicted octanol–water partition coefficient (Wildman–Crippen LogP) is 3.61. The predicted molar refractivity (Wildman–Crippen MR) is 105 cm³/mol. The average molecular weight is 383 g/mol. The second kappa shape index (κ2) is 9.25. The third kappa shape index (κ3) is 5.35. The van der Waals surface area contributed by atoms with Crippen LogP contribution >= 0.6 is 11.5 Å². The molecule has 3 rings (SSSR count). The molecule has 0 spiro atoms. The number of nitrogens with zero attached hydrogens (tertiary/aromatic N) is 2. The molecule has 0 aliphatic rings.